The van der Waals surface area contributed by atoms with Gasteiger partial charge in [-0.3, -0.25) is 5.10 Å². The number of hydrogen-bond donors (Lipinski definition) is 2. The van der Waals surface area contributed by atoms with E-state index in [1.54, 1.807) is 6.20 Å². The molecule has 0 radical (unpaired) electrons. The van der Waals surface area contributed by atoms with Gasteiger partial charge in [0.2, 0.25) is 0 Å². The molecule has 0 aliphatic carbocycles. The normalized spacial score (nSPS) is 10.7. The van der Waals surface area contributed by atoms with Crippen LogP contribution in [0.5, 0.6) is 0 Å². The molecule has 2 rings (SSSR count). The lowest BCUT2D eigenvalue weighted by atomic mass is 10.1. The fourth-order valence-corrected chi connectivity index (χ4v) is 2.28. The fraction of sp³-hybridized carbons (Fsp3) is 0.400. The lowest BCUT2D eigenvalue weighted by Gasteiger charge is -2.07. The lowest BCUT2D eigenvalue weighted by molar-refractivity contribution is 0.602. The molecule has 5 nitrogen and oxygen atoms in total. The van der Waals surface area contributed by atoms with E-state index in [1.165, 1.54) is 6.26 Å². The van der Waals surface area contributed by atoms with Gasteiger partial charge in [-0.15, -0.1) is 0 Å². The maximum atomic E-state index is 11.1. The molecule has 2 N–H and O–H groups in total. The Morgan fingerprint density at radius 3 is 2.57 bits per heavy atom. The minimum absolute atomic E-state index is 0.125. The number of nitrogens with zero attached hydrogens (tertiary/aromatic N) is 1. The molecule has 0 saturated heterocycles. The van der Waals surface area contributed by atoms with Gasteiger partial charge < -0.3 is 5.32 Å². The summed E-state index contributed by atoms with van der Waals surface area (Å²) in [6.45, 7) is 6.40. The summed E-state index contributed by atoms with van der Waals surface area (Å²) in [5.41, 5.74) is 3.98. The smallest absolute Gasteiger partial charge is 0.149 e. The number of benzene rings is 1. The summed E-state index contributed by atoms with van der Waals surface area (Å²) in [4.78, 5) is 0. The average Bonchev–Trinajstić information content (AvgIpc) is 2.86. The van der Waals surface area contributed by atoms with Gasteiger partial charge >= 0.3 is 0 Å². The van der Waals surface area contributed by atoms with Crippen molar-refractivity contribution < 1.29 is 8.42 Å². The molecule has 0 saturated carbocycles. The van der Waals surface area contributed by atoms with Crippen molar-refractivity contribution in [3.63, 3.8) is 0 Å². The number of aromatic nitrogens is 2. The number of anilines is 1. The van der Waals surface area contributed by atoms with E-state index >= 15 is 0 Å². The molecule has 0 aliphatic rings. The molecule has 116 valence electrons. The zero-order chi connectivity index (χ0) is 15.9. The molecule has 21 heavy (non-hydrogen) atoms. The van der Waals surface area contributed by atoms with Crippen molar-refractivity contribution in [2.45, 2.75) is 20.8 Å². The Kier molecular flexibility index (Phi) is 6.42. The molecule has 0 atom stereocenters. The molecule has 0 bridgehead atoms. The van der Waals surface area contributed by atoms with Crippen molar-refractivity contribution in [3.05, 3.63) is 36.0 Å². The fourth-order valence-electron chi connectivity index (χ4n) is 1.80. The number of aromatic amines is 1. The predicted molar refractivity (Wildman–Crippen MR) is 88.3 cm³/mol. The Balaban J connectivity index is 0.00000106. The van der Waals surface area contributed by atoms with E-state index < -0.39 is 9.84 Å². The highest BCUT2D eigenvalue weighted by Gasteiger charge is 2.05. The Labute approximate surface area is 126 Å². The zero-order valence-electron chi connectivity index (χ0n) is 13.0. The van der Waals surface area contributed by atoms with Gasteiger partial charge in [-0.2, -0.15) is 5.10 Å². The van der Waals surface area contributed by atoms with Crippen molar-refractivity contribution in [2.24, 2.45) is 0 Å². The quantitative estimate of drug-likeness (QED) is 0.890. The molecule has 6 heteroatoms. The second kappa shape index (κ2) is 7.83. The summed E-state index contributed by atoms with van der Waals surface area (Å²) in [6, 6.07) is 7.81. The molecule has 0 aliphatic heterocycles. The van der Waals surface area contributed by atoms with Crippen molar-refractivity contribution in [1.82, 2.24) is 10.2 Å². The molecule has 2 aromatic rings. The minimum atomic E-state index is -2.93. The topological polar surface area (TPSA) is 74.8 Å². The van der Waals surface area contributed by atoms with E-state index in [2.05, 4.69) is 15.5 Å². The SMILES string of the molecule is CC.Cc1cn[nH]c1-c1cccc(NCCS(C)(=O)=O)c1. The molecule has 1 aromatic heterocycles. The van der Waals surface area contributed by atoms with Crippen LogP contribution in [0.4, 0.5) is 5.69 Å². The first-order valence-corrected chi connectivity index (χ1v) is 9.04. The summed E-state index contributed by atoms with van der Waals surface area (Å²) in [6.07, 6.45) is 3.01. The highest BCUT2D eigenvalue weighted by molar-refractivity contribution is 7.90. The van der Waals surface area contributed by atoms with Crippen molar-refractivity contribution in [1.29, 1.82) is 0 Å². The number of rotatable bonds is 5. The van der Waals surface area contributed by atoms with Crippen molar-refractivity contribution in [3.8, 4) is 11.3 Å². The van der Waals surface area contributed by atoms with Crippen LogP contribution in [0.3, 0.4) is 0 Å². The second-order valence-electron chi connectivity index (χ2n) is 4.57. The van der Waals surface area contributed by atoms with Gasteiger partial charge in [-0.25, -0.2) is 8.42 Å². The number of hydrogen-bond acceptors (Lipinski definition) is 4. The van der Waals surface area contributed by atoms with E-state index in [1.807, 2.05) is 45.0 Å². The van der Waals surface area contributed by atoms with Gasteiger partial charge in [0.1, 0.15) is 9.84 Å². The van der Waals surface area contributed by atoms with Crippen LogP contribution in [0.15, 0.2) is 30.5 Å². The molecule has 0 fully saturated rings. The molecule has 0 spiro atoms. The van der Waals surface area contributed by atoms with Crippen LogP contribution < -0.4 is 5.32 Å². The first kappa shape index (κ1) is 17.2. The van der Waals surface area contributed by atoms with Gasteiger partial charge in [0.25, 0.3) is 0 Å². The van der Waals surface area contributed by atoms with Crippen LogP contribution in [-0.4, -0.2) is 37.2 Å². The summed E-state index contributed by atoms with van der Waals surface area (Å²) in [5, 5.41) is 10.1. The van der Waals surface area contributed by atoms with Gasteiger partial charge in [-0.05, 0) is 24.6 Å². The Hall–Kier alpha value is -1.82. The highest BCUT2D eigenvalue weighted by atomic mass is 32.2. The first-order chi connectivity index (χ1) is 9.96. The van der Waals surface area contributed by atoms with Gasteiger partial charge in [-0.1, -0.05) is 26.0 Å². The molecular weight excluding hydrogens is 286 g/mol. The first-order valence-electron chi connectivity index (χ1n) is 6.98. The third-order valence-electron chi connectivity index (χ3n) is 2.78. The Morgan fingerprint density at radius 1 is 1.29 bits per heavy atom. The summed E-state index contributed by atoms with van der Waals surface area (Å²) >= 11 is 0. The minimum Gasteiger partial charge on any atom is -0.384 e. The number of nitrogens with one attached hydrogen (secondary N) is 2. The number of aryl methyl sites for hydroxylation is 1. The molecule has 0 unspecified atom stereocenters. The van der Waals surface area contributed by atoms with Crippen LogP contribution in [0.1, 0.15) is 19.4 Å². The summed E-state index contributed by atoms with van der Waals surface area (Å²) < 4.78 is 22.1. The maximum Gasteiger partial charge on any atom is 0.149 e. The second-order valence-corrected chi connectivity index (χ2v) is 6.83. The van der Waals surface area contributed by atoms with E-state index in [4.69, 9.17) is 0 Å². The molecule has 0 amide bonds. The standard InChI is InChI=1S/C13H17N3O2S.C2H6/c1-10-9-15-16-13(10)11-4-3-5-12(8-11)14-6-7-19(2,17)18;1-2/h3-5,8-9,14H,6-7H2,1-2H3,(H,15,16);1-2H3. The van der Waals surface area contributed by atoms with Crippen LogP contribution in [0.2, 0.25) is 0 Å². The zero-order valence-corrected chi connectivity index (χ0v) is 13.8. The van der Waals surface area contributed by atoms with E-state index in [0.717, 1.165) is 22.5 Å². The molecule has 1 heterocycles. The predicted octanol–water partition coefficient (Wildman–Crippen LogP) is 2.87. The van der Waals surface area contributed by atoms with Gasteiger partial charge in [0.15, 0.2) is 0 Å². The number of H-pyrrole nitrogens is 1. The third kappa shape index (κ3) is 5.59. The van der Waals surface area contributed by atoms with Crippen LogP contribution in [-0.2, 0) is 9.84 Å². The third-order valence-corrected chi connectivity index (χ3v) is 3.73. The number of sulfone groups is 1. The van der Waals surface area contributed by atoms with Crippen LogP contribution in [0.25, 0.3) is 11.3 Å². The van der Waals surface area contributed by atoms with E-state index in [0.29, 0.717) is 6.54 Å². The van der Waals surface area contributed by atoms with Gasteiger partial charge in [0.05, 0.1) is 17.6 Å². The van der Waals surface area contributed by atoms with E-state index in [9.17, 15) is 8.42 Å². The maximum absolute atomic E-state index is 11.1. The highest BCUT2D eigenvalue weighted by Crippen LogP contribution is 2.23. The van der Waals surface area contributed by atoms with Gasteiger partial charge in [0, 0.05) is 24.1 Å². The van der Waals surface area contributed by atoms with E-state index in [-0.39, 0.29) is 5.75 Å². The van der Waals surface area contributed by atoms with Crippen molar-refractivity contribution >= 4 is 15.5 Å². The molecule has 1 aromatic carbocycles. The summed E-state index contributed by atoms with van der Waals surface area (Å²) in [5.74, 6) is 0.125. The Bertz CT molecular complexity index is 663. The van der Waals surface area contributed by atoms with Crippen LogP contribution >= 0.6 is 0 Å². The van der Waals surface area contributed by atoms with Crippen LogP contribution in [0, 0.1) is 6.92 Å². The average molecular weight is 309 g/mol. The lowest BCUT2D eigenvalue weighted by Crippen LogP contribution is -2.14. The summed E-state index contributed by atoms with van der Waals surface area (Å²) in [7, 11) is -2.93. The molecular formula is C15H23N3O2S. The largest absolute Gasteiger partial charge is 0.384 e. The van der Waals surface area contributed by atoms with Crippen molar-refractivity contribution in [2.75, 3.05) is 23.9 Å². The monoisotopic (exact) mass is 309 g/mol. The Morgan fingerprint density at radius 2 is 2.00 bits per heavy atom.